The Morgan fingerprint density at radius 1 is 1.47 bits per heavy atom. The average Bonchev–Trinajstić information content (AvgIpc) is 2.87. The van der Waals surface area contributed by atoms with Gasteiger partial charge >= 0.3 is 6.01 Å². The van der Waals surface area contributed by atoms with Crippen LogP contribution in [0.1, 0.15) is 13.3 Å². The van der Waals surface area contributed by atoms with Gasteiger partial charge in [0.15, 0.2) is 5.56 Å². The Kier molecular flexibility index (Phi) is 3.96. The van der Waals surface area contributed by atoms with Crippen molar-refractivity contribution in [3.05, 3.63) is 34.4 Å². The maximum absolute atomic E-state index is 10.5. The predicted octanol–water partition coefficient (Wildman–Crippen LogP) is 3.00. The fraction of sp³-hybridized carbons (Fsp3) is 0.273. The minimum atomic E-state index is -0.526. The van der Waals surface area contributed by atoms with Gasteiger partial charge in [-0.2, -0.15) is 4.98 Å². The first-order valence-corrected chi connectivity index (χ1v) is 5.93. The van der Waals surface area contributed by atoms with E-state index in [9.17, 15) is 10.1 Å². The Bertz CT molecular complexity index is 570. The maximum Gasteiger partial charge on any atom is 0.356 e. The van der Waals surface area contributed by atoms with E-state index in [2.05, 4.69) is 10.1 Å². The number of hydrogen-bond acceptors (Lipinski definition) is 6. The van der Waals surface area contributed by atoms with Crippen LogP contribution in [0.5, 0.6) is 6.01 Å². The summed E-state index contributed by atoms with van der Waals surface area (Å²) in [6, 6.07) is 5.79. The van der Waals surface area contributed by atoms with Crippen LogP contribution in [0, 0.1) is 10.1 Å². The van der Waals surface area contributed by atoms with Crippen molar-refractivity contribution >= 4 is 17.3 Å². The third-order valence-corrected chi connectivity index (χ3v) is 2.68. The molecule has 8 heteroatoms. The van der Waals surface area contributed by atoms with Crippen molar-refractivity contribution in [2.24, 2.45) is 0 Å². The van der Waals surface area contributed by atoms with Crippen molar-refractivity contribution in [3.8, 4) is 17.5 Å². The molecule has 1 unspecified atom stereocenters. The Morgan fingerprint density at radius 3 is 2.74 bits per heavy atom. The average molecular weight is 284 g/mol. The number of alkyl halides is 1. The van der Waals surface area contributed by atoms with Gasteiger partial charge in [0.1, 0.15) is 0 Å². The molecule has 0 bridgehead atoms. The highest BCUT2D eigenvalue weighted by atomic mass is 35.5. The van der Waals surface area contributed by atoms with E-state index in [1.165, 1.54) is 24.3 Å². The smallest absolute Gasteiger partial charge is 0.356 e. The molecule has 0 aliphatic heterocycles. The van der Waals surface area contributed by atoms with Gasteiger partial charge in [0.2, 0.25) is 0 Å². The van der Waals surface area contributed by atoms with E-state index in [-0.39, 0.29) is 17.6 Å². The molecule has 1 atom stereocenters. The van der Waals surface area contributed by atoms with Crippen molar-refractivity contribution in [1.82, 2.24) is 10.1 Å². The monoisotopic (exact) mass is 283 g/mol. The van der Waals surface area contributed by atoms with Gasteiger partial charge in [-0.05, 0) is 23.7 Å². The maximum atomic E-state index is 10.5. The fourth-order valence-electron chi connectivity index (χ4n) is 1.30. The lowest BCUT2D eigenvalue weighted by Crippen LogP contribution is -2.07. The van der Waals surface area contributed by atoms with Crippen LogP contribution < -0.4 is 4.74 Å². The molecule has 2 rings (SSSR count). The van der Waals surface area contributed by atoms with Gasteiger partial charge in [0.25, 0.3) is 11.6 Å². The molecule has 0 fully saturated rings. The SMILES string of the molecule is CCC(Cl)Oc1noc(-c2ccc([N+](=O)[O-])cc2)n1. The number of nitrogens with zero attached hydrogens (tertiary/aromatic N) is 3. The zero-order valence-electron chi connectivity index (χ0n) is 9.95. The molecule has 1 heterocycles. The number of aromatic nitrogens is 2. The number of ether oxygens (including phenoxy) is 1. The van der Waals surface area contributed by atoms with Crippen LogP contribution in [0.15, 0.2) is 28.8 Å². The first kappa shape index (κ1) is 13.3. The minimum Gasteiger partial charge on any atom is -0.442 e. The van der Waals surface area contributed by atoms with Crippen molar-refractivity contribution in [2.75, 3.05) is 0 Å². The van der Waals surface area contributed by atoms with E-state index in [4.69, 9.17) is 20.9 Å². The van der Waals surface area contributed by atoms with Crippen molar-refractivity contribution < 1.29 is 14.2 Å². The largest absolute Gasteiger partial charge is 0.442 e. The van der Waals surface area contributed by atoms with Gasteiger partial charge in [-0.25, -0.2) is 0 Å². The second-order valence-corrected chi connectivity index (χ2v) is 4.11. The molecule has 0 spiro atoms. The van der Waals surface area contributed by atoms with Crippen LogP contribution in [0.3, 0.4) is 0 Å². The lowest BCUT2D eigenvalue weighted by molar-refractivity contribution is -0.384. The van der Waals surface area contributed by atoms with Gasteiger partial charge in [-0.3, -0.25) is 10.1 Å². The molecular weight excluding hydrogens is 274 g/mol. The van der Waals surface area contributed by atoms with Gasteiger partial charge in [-0.15, -0.1) is 0 Å². The van der Waals surface area contributed by atoms with Crippen LogP contribution >= 0.6 is 11.6 Å². The molecule has 2 aromatic rings. The van der Waals surface area contributed by atoms with E-state index in [0.29, 0.717) is 12.0 Å². The lowest BCUT2D eigenvalue weighted by Gasteiger charge is -2.03. The zero-order valence-corrected chi connectivity index (χ0v) is 10.7. The van der Waals surface area contributed by atoms with Crippen LogP contribution in [-0.2, 0) is 0 Å². The number of benzene rings is 1. The van der Waals surface area contributed by atoms with Crippen LogP contribution in [0.2, 0.25) is 0 Å². The van der Waals surface area contributed by atoms with Gasteiger partial charge in [-0.1, -0.05) is 18.5 Å². The molecule has 0 aliphatic carbocycles. The number of nitro groups is 1. The normalized spacial score (nSPS) is 12.1. The summed E-state index contributed by atoms with van der Waals surface area (Å²) in [6.07, 6.45) is 0.600. The summed E-state index contributed by atoms with van der Waals surface area (Å²) in [7, 11) is 0. The molecule has 0 N–H and O–H groups in total. The topological polar surface area (TPSA) is 91.3 Å². The van der Waals surface area contributed by atoms with E-state index >= 15 is 0 Å². The Hall–Kier alpha value is -2.15. The molecule has 0 radical (unpaired) electrons. The summed E-state index contributed by atoms with van der Waals surface area (Å²) in [4.78, 5) is 14.0. The summed E-state index contributed by atoms with van der Waals surface area (Å²) in [6.45, 7) is 1.86. The number of halogens is 1. The molecule has 1 aromatic carbocycles. The highest BCUT2D eigenvalue weighted by Crippen LogP contribution is 2.23. The molecule has 0 aliphatic rings. The Balaban J connectivity index is 2.16. The highest BCUT2D eigenvalue weighted by molar-refractivity contribution is 6.19. The Labute approximate surface area is 113 Å². The molecular formula is C11H10ClN3O4. The van der Waals surface area contributed by atoms with Crippen molar-refractivity contribution in [1.29, 1.82) is 0 Å². The van der Waals surface area contributed by atoms with Crippen LogP contribution in [-0.4, -0.2) is 20.6 Å². The van der Waals surface area contributed by atoms with Gasteiger partial charge < -0.3 is 9.26 Å². The second kappa shape index (κ2) is 5.66. The third kappa shape index (κ3) is 3.19. The number of non-ortho nitro benzene ring substituents is 1. The first-order valence-electron chi connectivity index (χ1n) is 5.49. The van der Waals surface area contributed by atoms with Crippen molar-refractivity contribution in [3.63, 3.8) is 0 Å². The summed E-state index contributed by atoms with van der Waals surface area (Å²) in [5, 5.41) is 14.1. The molecule has 100 valence electrons. The van der Waals surface area contributed by atoms with Crippen LogP contribution in [0.4, 0.5) is 5.69 Å². The zero-order chi connectivity index (χ0) is 13.8. The van der Waals surface area contributed by atoms with E-state index < -0.39 is 10.5 Å². The van der Waals surface area contributed by atoms with Gasteiger partial charge in [0.05, 0.1) is 4.92 Å². The quantitative estimate of drug-likeness (QED) is 0.476. The minimum absolute atomic E-state index is 0.00783. The van der Waals surface area contributed by atoms with Crippen LogP contribution in [0.25, 0.3) is 11.5 Å². The van der Waals surface area contributed by atoms with Crippen molar-refractivity contribution in [2.45, 2.75) is 18.9 Å². The number of hydrogen-bond donors (Lipinski definition) is 0. The van der Waals surface area contributed by atoms with E-state index in [1.807, 2.05) is 6.92 Å². The fourth-order valence-corrected chi connectivity index (χ4v) is 1.38. The third-order valence-electron chi connectivity index (χ3n) is 2.29. The lowest BCUT2D eigenvalue weighted by atomic mass is 10.2. The first-order chi connectivity index (χ1) is 9.10. The highest BCUT2D eigenvalue weighted by Gasteiger charge is 2.13. The summed E-state index contributed by atoms with van der Waals surface area (Å²) < 4.78 is 10.2. The van der Waals surface area contributed by atoms with Gasteiger partial charge in [0, 0.05) is 17.7 Å². The summed E-state index contributed by atoms with van der Waals surface area (Å²) in [5.74, 6) is 0.213. The standard InChI is InChI=1S/C11H10ClN3O4/c1-2-9(12)18-11-13-10(19-14-11)7-3-5-8(6-4-7)15(16)17/h3-6,9H,2H2,1H3. The van der Waals surface area contributed by atoms with E-state index in [1.54, 1.807) is 0 Å². The molecule has 0 saturated heterocycles. The molecule has 7 nitrogen and oxygen atoms in total. The number of rotatable bonds is 5. The molecule has 1 aromatic heterocycles. The summed E-state index contributed by atoms with van der Waals surface area (Å²) >= 11 is 5.79. The predicted molar refractivity (Wildman–Crippen MR) is 66.9 cm³/mol. The summed E-state index contributed by atoms with van der Waals surface area (Å²) in [5.41, 5.74) is 0.0319. The Morgan fingerprint density at radius 2 is 2.16 bits per heavy atom. The molecule has 19 heavy (non-hydrogen) atoms. The number of nitro benzene ring substituents is 1. The van der Waals surface area contributed by atoms with E-state index in [0.717, 1.165) is 0 Å². The molecule has 0 saturated carbocycles. The second-order valence-electron chi connectivity index (χ2n) is 3.62. The molecule has 0 amide bonds.